The lowest BCUT2D eigenvalue weighted by atomic mass is 9.96. The molecule has 4 heterocycles. The van der Waals surface area contributed by atoms with Gasteiger partial charge in [0.25, 0.3) is 5.91 Å². The van der Waals surface area contributed by atoms with Crippen LogP contribution in [-0.4, -0.2) is 92.4 Å². The minimum Gasteiger partial charge on any atom is -0.444 e. The third kappa shape index (κ3) is 6.57. The maximum absolute atomic E-state index is 13.6. The zero-order valence-corrected chi connectivity index (χ0v) is 29.1. The molecular weight excluding hydrogens is 600 g/mol. The highest BCUT2D eigenvalue weighted by atomic mass is 16.6. The van der Waals surface area contributed by atoms with Crippen LogP contribution in [-0.2, 0) is 24.6 Å². The Morgan fingerprint density at radius 2 is 1.50 bits per heavy atom. The van der Waals surface area contributed by atoms with E-state index in [1.807, 2.05) is 62.7 Å². The van der Waals surface area contributed by atoms with E-state index < -0.39 is 5.60 Å². The van der Waals surface area contributed by atoms with E-state index in [0.717, 1.165) is 46.3 Å². The minimum atomic E-state index is -0.544. The van der Waals surface area contributed by atoms with Crippen molar-refractivity contribution in [3.8, 4) is 22.4 Å². The van der Waals surface area contributed by atoms with E-state index in [2.05, 4.69) is 35.2 Å². The molecule has 2 saturated heterocycles. The predicted molar refractivity (Wildman–Crippen MR) is 189 cm³/mol. The van der Waals surface area contributed by atoms with Crippen LogP contribution in [0.1, 0.15) is 73.5 Å². The van der Waals surface area contributed by atoms with Crippen molar-refractivity contribution in [2.75, 3.05) is 39.3 Å². The molecule has 0 saturated carbocycles. The average molecular weight is 649 g/mol. The monoisotopic (exact) mass is 648 g/mol. The van der Waals surface area contributed by atoms with Gasteiger partial charge in [0, 0.05) is 67.5 Å². The molecule has 7 rings (SSSR count). The zero-order chi connectivity index (χ0) is 33.6. The number of carbonyl (C=O) groups is 2. The largest absolute Gasteiger partial charge is 0.444 e. The first-order valence-corrected chi connectivity index (χ1v) is 17.6. The van der Waals surface area contributed by atoms with E-state index in [1.54, 1.807) is 4.90 Å². The number of piperazine rings is 1. The zero-order valence-electron chi connectivity index (χ0n) is 29.1. The molecule has 0 N–H and O–H groups in total. The van der Waals surface area contributed by atoms with Crippen LogP contribution in [0.3, 0.4) is 0 Å². The Morgan fingerprint density at radius 3 is 2.21 bits per heavy atom. The number of ether oxygens (including phenoxy) is 1. The summed E-state index contributed by atoms with van der Waals surface area (Å²) >= 11 is 0. The van der Waals surface area contributed by atoms with Gasteiger partial charge in [-0.25, -0.2) is 14.5 Å². The summed E-state index contributed by atoms with van der Waals surface area (Å²) in [5.41, 5.74) is 8.92. The van der Waals surface area contributed by atoms with E-state index >= 15 is 0 Å². The van der Waals surface area contributed by atoms with Crippen molar-refractivity contribution >= 4 is 23.0 Å². The number of nitrogens with zero attached hydrogens (tertiary/aromatic N) is 6. The Balaban J connectivity index is 1.09. The van der Waals surface area contributed by atoms with Crippen LogP contribution in [0.5, 0.6) is 0 Å². The van der Waals surface area contributed by atoms with Gasteiger partial charge in [0.15, 0.2) is 5.65 Å². The number of carbonyl (C=O) groups excluding carboxylic acids is 2. The standard InChI is InChI=1S/C39H48N6O3/c1-26-22-30(12-15-33(26)37(46)44-18-20-45(21-19-44)38(47)48-39(2,3)4)35-34-24-31(25-40-36(34)42(5)41-35)29-9-8-27-10-13-32(14-11-28(27)23-29)43-16-6-7-17-43/h8-9,12,15,22-25,32H,6-7,10-11,13-14,16-21H2,1-5H3. The van der Waals surface area contributed by atoms with Crippen LogP contribution in [0.2, 0.25) is 0 Å². The average Bonchev–Trinajstić information content (AvgIpc) is 3.66. The van der Waals surface area contributed by atoms with E-state index in [0.29, 0.717) is 37.8 Å². The smallest absolute Gasteiger partial charge is 0.410 e. The summed E-state index contributed by atoms with van der Waals surface area (Å²) in [6, 6.07) is 15.9. The second kappa shape index (κ2) is 13.0. The number of hydrogen-bond donors (Lipinski definition) is 0. The number of fused-ring (bicyclic) bond motifs is 2. The van der Waals surface area contributed by atoms with Crippen LogP contribution in [0.4, 0.5) is 4.79 Å². The maximum atomic E-state index is 13.6. The Bertz CT molecular complexity index is 1840. The lowest BCUT2D eigenvalue weighted by Gasteiger charge is -2.35. The maximum Gasteiger partial charge on any atom is 0.410 e. The first kappa shape index (κ1) is 32.3. The molecule has 0 bridgehead atoms. The van der Waals surface area contributed by atoms with Gasteiger partial charge in [-0.1, -0.05) is 24.3 Å². The number of benzene rings is 2. The molecule has 4 aromatic rings. The molecule has 2 aromatic carbocycles. The van der Waals surface area contributed by atoms with Crippen molar-refractivity contribution in [3.63, 3.8) is 0 Å². The molecule has 0 radical (unpaired) electrons. The number of amides is 2. The van der Waals surface area contributed by atoms with Gasteiger partial charge in [0.1, 0.15) is 11.3 Å². The summed E-state index contributed by atoms with van der Waals surface area (Å²) in [6.45, 7) is 11.9. The van der Waals surface area contributed by atoms with Crippen LogP contribution in [0.25, 0.3) is 33.4 Å². The number of likely N-dealkylation sites (tertiary alicyclic amines) is 1. The molecule has 48 heavy (non-hydrogen) atoms. The molecular formula is C39H48N6O3. The molecule has 2 fully saturated rings. The van der Waals surface area contributed by atoms with Crippen molar-refractivity contribution in [2.24, 2.45) is 7.05 Å². The van der Waals surface area contributed by atoms with Gasteiger partial charge >= 0.3 is 6.09 Å². The van der Waals surface area contributed by atoms with Gasteiger partial charge in [-0.05, 0) is 120 Å². The summed E-state index contributed by atoms with van der Waals surface area (Å²) < 4.78 is 7.35. The molecule has 1 atom stereocenters. The molecule has 2 aromatic heterocycles. The van der Waals surface area contributed by atoms with Crippen molar-refractivity contribution < 1.29 is 14.3 Å². The van der Waals surface area contributed by atoms with E-state index in [-0.39, 0.29) is 12.0 Å². The third-order valence-electron chi connectivity index (χ3n) is 10.3. The Kier molecular flexibility index (Phi) is 8.75. The SMILES string of the molecule is Cc1cc(-c2nn(C)c3ncc(-c4ccc5c(c4)CCC(N4CCCC4)CC5)cc23)ccc1C(=O)N1CCN(C(=O)OC(C)(C)C)CC1. The summed E-state index contributed by atoms with van der Waals surface area (Å²) in [6.07, 6.45) is 9.10. The van der Waals surface area contributed by atoms with Gasteiger partial charge in [0.05, 0.1) is 0 Å². The quantitative estimate of drug-likeness (QED) is 0.231. The van der Waals surface area contributed by atoms with Crippen molar-refractivity contribution in [2.45, 2.75) is 77.9 Å². The van der Waals surface area contributed by atoms with Crippen LogP contribution in [0, 0.1) is 6.92 Å². The fourth-order valence-corrected chi connectivity index (χ4v) is 7.69. The third-order valence-corrected chi connectivity index (χ3v) is 10.3. The second-order valence-electron chi connectivity index (χ2n) is 14.8. The first-order chi connectivity index (χ1) is 23.0. The highest BCUT2D eigenvalue weighted by Crippen LogP contribution is 2.34. The number of rotatable bonds is 4. The fraction of sp³-hybridized carbons (Fsp3) is 0.487. The highest BCUT2D eigenvalue weighted by molar-refractivity contribution is 5.98. The number of aromatic nitrogens is 3. The molecule has 1 unspecified atom stereocenters. The Hall–Kier alpha value is -4.24. The van der Waals surface area contributed by atoms with Gasteiger partial charge in [-0.3, -0.25) is 4.79 Å². The van der Waals surface area contributed by atoms with Gasteiger partial charge in [0.2, 0.25) is 0 Å². The normalized spacial score (nSPS) is 19.0. The fourth-order valence-electron chi connectivity index (χ4n) is 7.69. The lowest BCUT2D eigenvalue weighted by molar-refractivity contribution is 0.0140. The van der Waals surface area contributed by atoms with E-state index in [4.69, 9.17) is 14.8 Å². The van der Waals surface area contributed by atoms with Crippen molar-refractivity contribution in [3.05, 3.63) is 70.9 Å². The van der Waals surface area contributed by atoms with Gasteiger partial charge in [-0.2, -0.15) is 5.10 Å². The minimum absolute atomic E-state index is 0.0207. The second-order valence-corrected chi connectivity index (χ2v) is 14.8. The Labute approximate surface area is 283 Å². The highest BCUT2D eigenvalue weighted by Gasteiger charge is 2.29. The van der Waals surface area contributed by atoms with Crippen LogP contribution < -0.4 is 0 Å². The summed E-state index contributed by atoms with van der Waals surface area (Å²) in [4.78, 5) is 37.1. The summed E-state index contributed by atoms with van der Waals surface area (Å²) in [5, 5.41) is 5.88. The molecule has 9 nitrogen and oxygen atoms in total. The van der Waals surface area contributed by atoms with E-state index in [1.165, 1.54) is 55.5 Å². The number of aryl methyl sites for hydroxylation is 4. The molecule has 2 aliphatic heterocycles. The molecule has 3 aliphatic rings. The first-order valence-electron chi connectivity index (χ1n) is 17.6. The summed E-state index contributed by atoms with van der Waals surface area (Å²) in [7, 11) is 1.93. The lowest BCUT2D eigenvalue weighted by Crippen LogP contribution is -2.51. The molecule has 0 spiro atoms. The number of hydrogen-bond acceptors (Lipinski definition) is 6. The topological polar surface area (TPSA) is 83.8 Å². The van der Waals surface area contributed by atoms with Crippen LogP contribution >= 0.6 is 0 Å². The van der Waals surface area contributed by atoms with Gasteiger partial charge < -0.3 is 19.4 Å². The van der Waals surface area contributed by atoms with Crippen LogP contribution in [0.15, 0.2) is 48.7 Å². The van der Waals surface area contributed by atoms with E-state index in [9.17, 15) is 9.59 Å². The molecule has 2 amide bonds. The van der Waals surface area contributed by atoms with Crippen molar-refractivity contribution in [1.29, 1.82) is 0 Å². The molecule has 252 valence electrons. The summed E-state index contributed by atoms with van der Waals surface area (Å²) in [5.74, 6) is -0.0207. The van der Waals surface area contributed by atoms with Crippen molar-refractivity contribution in [1.82, 2.24) is 29.5 Å². The number of pyridine rings is 1. The Morgan fingerprint density at radius 1 is 0.812 bits per heavy atom. The molecule has 9 heteroatoms. The molecule has 1 aliphatic carbocycles. The van der Waals surface area contributed by atoms with Gasteiger partial charge in [-0.15, -0.1) is 0 Å². The predicted octanol–water partition coefficient (Wildman–Crippen LogP) is 6.65.